The number of benzene rings is 1. The molecule has 142 valence electrons. The van der Waals surface area contributed by atoms with Gasteiger partial charge < -0.3 is 10.1 Å². The maximum atomic E-state index is 12.5. The number of carbonyl (C=O) groups is 2. The minimum Gasteiger partial charge on any atom is -0.462 e. The maximum Gasteiger partial charge on any atom is 0.341 e. The number of hydrogen-bond acceptors (Lipinski definition) is 4. The molecule has 3 rings (SSSR count). The molecule has 1 aliphatic rings. The van der Waals surface area contributed by atoms with Crippen molar-refractivity contribution in [1.29, 1.82) is 0 Å². The number of carbonyl (C=O) groups excluding carboxylic acids is 2. The summed E-state index contributed by atoms with van der Waals surface area (Å²) in [5, 5.41) is 3.51. The first kappa shape index (κ1) is 19.4. The molecule has 5 heteroatoms. The van der Waals surface area contributed by atoms with Crippen LogP contribution in [0.1, 0.15) is 58.1 Å². The van der Waals surface area contributed by atoms with Crippen LogP contribution in [0.25, 0.3) is 6.08 Å². The lowest BCUT2D eigenvalue weighted by Gasteiger charge is -2.07. The fourth-order valence-corrected chi connectivity index (χ4v) is 4.53. The van der Waals surface area contributed by atoms with Crippen molar-refractivity contribution in [2.75, 3.05) is 11.9 Å². The molecule has 1 N–H and O–H groups in total. The molecule has 0 radical (unpaired) electrons. The van der Waals surface area contributed by atoms with Gasteiger partial charge >= 0.3 is 5.97 Å². The first-order chi connectivity index (χ1) is 13.1. The molecule has 1 aromatic carbocycles. The number of aryl methyl sites for hydroxylation is 2. The quantitative estimate of drug-likeness (QED) is 0.441. The summed E-state index contributed by atoms with van der Waals surface area (Å²) in [4.78, 5) is 26.1. The van der Waals surface area contributed by atoms with Gasteiger partial charge in [-0.1, -0.05) is 36.2 Å². The number of esters is 1. The van der Waals surface area contributed by atoms with Crippen molar-refractivity contribution >= 4 is 34.3 Å². The second-order valence-electron chi connectivity index (χ2n) is 6.72. The molecule has 27 heavy (non-hydrogen) atoms. The van der Waals surface area contributed by atoms with Gasteiger partial charge in [-0.2, -0.15) is 0 Å². The molecule has 0 spiro atoms. The SMILES string of the molecule is CCOC(=O)c1c(NC(=O)/C=C/c2ccc(C)cc2)sc2c1CCCCC2. The summed E-state index contributed by atoms with van der Waals surface area (Å²) >= 11 is 1.51. The monoisotopic (exact) mass is 383 g/mol. The van der Waals surface area contributed by atoms with E-state index in [-0.39, 0.29) is 11.9 Å². The third-order valence-corrected chi connectivity index (χ3v) is 5.85. The van der Waals surface area contributed by atoms with Crippen LogP contribution in [0.2, 0.25) is 0 Å². The number of nitrogens with one attached hydrogen (secondary N) is 1. The largest absolute Gasteiger partial charge is 0.462 e. The molecule has 0 aliphatic heterocycles. The van der Waals surface area contributed by atoms with Gasteiger partial charge in [0, 0.05) is 11.0 Å². The van der Waals surface area contributed by atoms with Gasteiger partial charge in [-0.25, -0.2) is 4.79 Å². The van der Waals surface area contributed by atoms with Crippen molar-refractivity contribution < 1.29 is 14.3 Å². The third-order valence-electron chi connectivity index (χ3n) is 4.64. The molecule has 1 aromatic heterocycles. The fourth-order valence-electron chi connectivity index (χ4n) is 3.25. The number of hydrogen-bond donors (Lipinski definition) is 1. The molecule has 1 aliphatic carbocycles. The Bertz CT molecular complexity index is 849. The second-order valence-corrected chi connectivity index (χ2v) is 7.83. The summed E-state index contributed by atoms with van der Waals surface area (Å²) in [5.74, 6) is -0.577. The summed E-state index contributed by atoms with van der Waals surface area (Å²) in [7, 11) is 0. The zero-order chi connectivity index (χ0) is 19.2. The van der Waals surface area contributed by atoms with Crippen molar-refractivity contribution in [3.8, 4) is 0 Å². The lowest BCUT2D eigenvalue weighted by Crippen LogP contribution is -2.13. The number of ether oxygens (including phenoxy) is 1. The summed E-state index contributed by atoms with van der Waals surface area (Å²) in [6, 6.07) is 7.95. The van der Waals surface area contributed by atoms with Gasteiger partial charge in [0.2, 0.25) is 5.91 Å². The molecule has 0 unspecified atom stereocenters. The van der Waals surface area contributed by atoms with Crippen LogP contribution in [0.15, 0.2) is 30.3 Å². The van der Waals surface area contributed by atoms with E-state index in [1.807, 2.05) is 31.2 Å². The maximum absolute atomic E-state index is 12.5. The average Bonchev–Trinajstić information content (AvgIpc) is 2.82. The van der Waals surface area contributed by atoms with E-state index in [0.717, 1.165) is 36.8 Å². The summed E-state index contributed by atoms with van der Waals surface area (Å²) in [6.45, 7) is 4.15. The van der Waals surface area contributed by atoms with Gasteiger partial charge in [0.05, 0.1) is 12.2 Å². The highest BCUT2D eigenvalue weighted by molar-refractivity contribution is 7.17. The number of amides is 1. The van der Waals surface area contributed by atoms with Gasteiger partial charge in [-0.15, -0.1) is 11.3 Å². The van der Waals surface area contributed by atoms with Crippen LogP contribution >= 0.6 is 11.3 Å². The summed E-state index contributed by atoms with van der Waals surface area (Å²) in [6.07, 6.45) is 8.47. The zero-order valence-electron chi connectivity index (χ0n) is 15.8. The van der Waals surface area contributed by atoms with Crippen LogP contribution in [0, 0.1) is 6.92 Å². The molecule has 0 saturated heterocycles. The van der Waals surface area contributed by atoms with E-state index in [4.69, 9.17) is 4.74 Å². The number of anilines is 1. The van der Waals surface area contributed by atoms with Crippen LogP contribution in [0.3, 0.4) is 0 Å². The van der Waals surface area contributed by atoms with Crippen molar-refractivity contribution in [2.45, 2.75) is 46.0 Å². The van der Waals surface area contributed by atoms with E-state index >= 15 is 0 Å². The minimum atomic E-state index is -0.338. The van der Waals surface area contributed by atoms with Crippen LogP contribution in [0.4, 0.5) is 5.00 Å². The molecule has 2 aromatic rings. The molecular weight excluding hydrogens is 358 g/mol. The first-order valence-corrected chi connectivity index (χ1v) is 10.3. The molecule has 0 saturated carbocycles. The Hall–Kier alpha value is -2.40. The first-order valence-electron chi connectivity index (χ1n) is 9.46. The Balaban J connectivity index is 1.81. The molecule has 1 heterocycles. The fraction of sp³-hybridized carbons (Fsp3) is 0.364. The Morgan fingerprint density at radius 1 is 1.15 bits per heavy atom. The highest BCUT2D eigenvalue weighted by atomic mass is 32.1. The van der Waals surface area contributed by atoms with Crippen molar-refractivity contribution in [3.63, 3.8) is 0 Å². The predicted molar refractivity (Wildman–Crippen MR) is 110 cm³/mol. The molecular formula is C22H25NO3S. The van der Waals surface area contributed by atoms with Gasteiger partial charge in [-0.3, -0.25) is 4.79 Å². The van der Waals surface area contributed by atoms with Crippen LogP contribution in [0.5, 0.6) is 0 Å². The smallest absolute Gasteiger partial charge is 0.341 e. The lowest BCUT2D eigenvalue weighted by atomic mass is 10.1. The molecule has 4 nitrogen and oxygen atoms in total. The Morgan fingerprint density at radius 3 is 2.63 bits per heavy atom. The molecule has 1 amide bonds. The highest BCUT2D eigenvalue weighted by Gasteiger charge is 2.26. The van der Waals surface area contributed by atoms with E-state index in [0.29, 0.717) is 17.2 Å². The summed E-state index contributed by atoms with van der Waals surface area (Å²) < 4.78 is 5.25. The summed E-state index contributed by atoms with van der Waals surface area (Å²) in [5.41, 5.74) is 3.75. The van der Waals surface area contributed by atoms with Crippen LogP contribution in [-0.2, 0) is 22.4 Å². The second kappa shape index (κ2) is 9.00. The molecule has 0 atom stereocenters. The Morgan fingerprint density at radius 2 is 1.89 bits per heavy atom. The van der Waals surface area contributed by atoms with E-state index in [1.54, 1.807) is 13.0 Å². The number of thiophene rings is 1. The van der Waals surface area contributed by atoms with Crippen LogP contribution in [-0.4, -0.2) is 18.5 Å². The lowest BCUT2D eigenvalue weighted by molar-refractivity contribution is -0.111. The van der Waals surface area contributed by atoms with Crippen LogP contribution < -0.4 is 5.32 Å². The van der Waals surface area contributed by atoms with Crippen molar-refractivity contribution in [2.24, 2.45) is 0 Å². The Kier molecular flexibility index (Phi) is 6.45. The topological polar surface area (TPSA) is 55.4 Å². The number of fused-ring (bicyclic) bond motifs is 1. The Labute approximate surface area is 164 Å². The van der Waals surface area contributed by atoms with Crippen molar-refractivity contribution in [3.05, 3.63) is 57.5 Å². The van der Waals surface area contributed by atoms with E-state index in [1.165, 1.54) is 34.3 Å². The van der Waals surface area contributed by atoms with E-state index in [9.17, 15) is 9.59 Å². The minimum absolute atomic E-state index is 0.238. The third kappa shape index (κ3) is 4.86. The standard InChI is InChI=1S/C22H25NO3S/c1-3-26-22(25)20-17-7-5-4-6-8-18(17)27-21(20)23-19(24)14-13-16-11-9-15(2)10-12-16/h9-14H,3-8H2,1-2H3,(H,23,24)/b14-13+. The average molecular weight is 384 g/mol. The van der Waals surface area contributed by atoms with Crippen molar-refractivity contribution in [1.82, 2.24) is 0 Å². The molecule has 0 fully saturated rings. The van der Waals surface area contributed by atoms with Gasteiger partial charge in [0.1, 0.15) is 5.00 Å². The van der Waals surface area contributed by atoms with Gasteiger partial charge in [0.15, 0.2) is 0 Å². The van der Waals surface area contributed by atoms with Gasteiger partial charge in [-0.05, 0) is 56.7 Å². The zero-order valence-corrected chi connectivity index (χ0v) is 16.7. The predicted octanol–water partition coefficient (Wildman–Crippen LogP) is 5.15. The van der Waals surface area contributed by atoms with Gasteiger partial charge in [0.25, 0.3) is 0 Å². The number of rotatable bonds is 5. The van der Waals surface area contributed by atoms with E-state index in [2.05, 4.69) is 5.32 Å². The van der Waals surface area contributed by atoms with E-state index < -0.39 is 0 Å². The molecule has 0 bridgehead atoms. The normalized spacial score (nSPS) is 13.9. The highest BCUT2D eigenvalue weighted by Crippen LogP contribution is 2.38.